The van der Waals surface area contributed by atoms with Crippen LogP contribution in [0.15, 0.2) is 0 Å². The number of carbonyl (C=O) groups excluding carboxylic acids is 1. The number of aliphatic hydroxyl groups is 1. The van der Waals surface area contributed by atoms with Gasteiger partial charge in [-0.3, -0.25) is 4.79 Å². The molecule has 0 saturated heterocycles. The molecule has 0 aliphatic heterocycles. The van der Waals surface area contributed by atoms with E-state index < -0.39 is 37.5 Å². The number of carboxylic acid groups (broad SMARTS) is 1. The first-order valence-electron chi connectivity index (χ1n) is 5.99. The van der Waals surface area contributed by atoms with Crippen LogP contribution in [0.25, 0.3) is 0 Å². The summed E-state index contributed by atoms with van der Waals surface area (Å²) in [5.41, 5.74) is 0. The zero-order chi connectivity index (χ0) is 15.0. The lowest BCUT2D eigenvalue weighted by Gasteiger charge is -2.30. The standard InChI is InChI=1S/C11H20F2N2O4/c1-3-14(6-8(2)10(17)18)11(19)15(4-5-16)7-9(12)13/h8-9,16H,3-7H2,1-2H3,(H,17,18). The van der Waals surface area contributed by atoms with E-state index in [1.165, 1.54) is 11.8 Å². The Labute approximate surface area is 110 Å². The topological polar surface area (TPSA) is 81.1 Å². The van der Waals surface area contributed by atoms with Crippen LogP contribution in [-0.4, -0.2) is 71.2 Å². The molecule has 2 N–H and O–H groups in total. The van der Waals surface area contributed by atoms with Crippen molar-refractivity contribution in [2.24, 2.45) is 5.92 Å². The monoisotopic (exact) mass is 282 g/mol. The molecule has 0 fully saturated rings. The van der Waals surface area contributed by atoms with Crippen LogP contribution in [0.5, 0.6) is 0 Å². The van der Waals surface area contributed by atoms with Crippen LogP contribution in [-0.2, 0) is 4.79 Å². The largest absolute Gasteiger partial charge is 0.481 e. The number of alkyl halides is 2. The number of urea groups is 1. The predicted octanol–water partition coefficient (Wildman–Crippen LogP) is 0.708. The minimum atomic E-state index is -2.70. The Kier molecular flexibility index (Phi) is 7.97. The number of aliphatic carboxylic acids is 1. The maximum Gasteiger partial charge on any atom is 0.320 e. The van der Waals surface area contributed by atoms with Gasteiger partial charge in [-0.25, -0.2) is 13.6 Å². The van der Waals surface area contributed by atoms with Crippen molar-refractivity contribution in [3.8, 4) is 0 Å². The Morgan fingerprint density at radius 3 is 2.16 bits per heavy atom. The van der Waals surface area contributed by atoms with Gasteiger partial charge in [-0.2, -0.15) is 0 Å². The van der Waals surface area contributed by atoms with Gasteiger partial charge in [-0.15, -0.1) is 0 Å². The Bertz CT molecular complexity index is 302. The van der Waals surface area contributed by atoms with Crippen molar-refractivity contribution in [3.63, 3.8) is 0 Å². The third-order valence-corrected chi connectivity index (χ3v) is 2.57. The molecular formula is C11H20F2N2O4. The number of halogens is 2. The van der Waals surface area contributed by atoms with Crippen LogP contribution in [0.4, 0.5) is 13.6 Å². The van der Waals surface area contributed by atoms with Gasteiger partial charge in [0.25, 0.3) is 6.43 Å². The van der Waals surface area contributed by atoms with Crippen LogP contribution in [0.3, 0.4) is 0 Å². The second-order valence-corrected chi connectivity index (χ2v) is 4.12. The first kappa shape index (κ1) is 17.6. The second-order valence-electron chi connectivity index (χ2n) is 4.12. The smallest absolute Gasteiger partial charge is 0.320 e. The molecule has 0 aliphatic carbocycles. The van der Waals surface area contributed by atoms with Crippen molar-refractivity contribution in [3.05, 3.63) is 0 Å². The van der Waals surface area contributed by atoms with Gasteiger partial charge in [0.2, 0.25) is 0 Å². The molecule has 0 aromatic carbocycles. The third-order valence-electron chi connectivity index (χ3n) is 2.57. The van der Waals surface area contributed by atoms with Gasteiger partial charge >= 0.3 is 12.0 Å². The quantitative estimate of drug-likeness (QED) is 0.687. The highest BCUT2D eigenvalue weighted by molar-refractivity contribution is 5.76. The summed E-state index contributed by atoms with van der Waals surface area (Å²) in [5.74, 6) is -1.85. The van der Waals surface area contributed by atoms with Gasteiger partial charge in [0, 0.05) is 19.6 Å². The average molecular weight is 282 g/mol. The lowest BCUT2D eigenvalue weighted by atomic mass is 10.2. The molecule has 0 rings (SSSR count). The van der Waals surface area contributed by atoms with E-state index in [4.69, 9.17) is 10.2 Å². The summed E-state index contributed by atoms with van der Waals surface area (Å²) in [7, 11) is 0. The van der Waals surface area contributed by atoms with E-state index in [1.54, 1.807) is 6.92 Å². The molecule has 0 aliphatic rings. The van der Waals surface area contributed by atoms with Gasteiger partial charge in [-0.05, 0) is 6.92 Å². The van der Waals surface area contributed by atoms with Crippen LogP contribution >= 0.6 is 0 Å². The minimum Gasteiger partial charge on any atom is -0.481 e. The van der Waals surface area contributed by atoms with E-state index in [0.717, 1.165) is 4.90 Å². The fourth-order valence-corrected chi connectivity index (χ4v) is 1.50. The van der Waals surface area contributed by atoms with Crippen molar-refractivity contribution in [2.45, 2.75) is 20.3 Å². The van der Waals surface area contributed by atoms with Gasteiger partial charge in [0.05, 0.1) is 19.1 Å². The number of carbonyl (C=O) groups is 2. The highest BCUT2D eigenvalue weighted by Crippen LogP contribution is 2.07. The molecule has 8 heteroatoms. The number of rotatable bonds is 8. The Morgan fingerprint density at radius 1 is 1.21 bits per heavy atom. The summed E-state index contributed by atoms with van der Waals surface area (Å²) in [6.07, 6.45) is -2.70. The molecular weight excluding hydrogens is 262 g/mol. The van der Waals surface area contributed by atoms with E-state index in [-0.39, 0.29) is 19.6 Å². The summed E-state index contributed by atoms with van der Waals surface area (Å²) in [5, 5.41) is 17.6. The van der Waals surface area contributed by atoms with Crippen LogP contribution in [0, 0.1) is 5.92 Å². The van der Waals surface area contributed by atoms with Gasteiger partial charge in [0.1, 0.15) is 0 Å². The van der Waals surface area contributed by atoms with Crippen LogP contribution in [0.1, 0.15) is 13.8 Å². The van der Waals surface area contributed by atoms with Crippen molar-refractivity contribution < 1.29 is 28.6 Å². The van der Waals surface area contributed by atoms with Crippen molar-refractivity contribution in [1.29, 1.82) is 0 Å². The van der Waals surface area contributed by atoms with Gasteiger partial charge < -0.3 is 20.0 Å². The molecule has 0 aromatic heterocycles. The zero-order valence-electron chi connectivity index (χ0n) is 11.1. The lowest BCUT2D eigenvalue weighted by molar-refractivity contribution is -0.141. The van der Waals surface area contributed by atoms with Crippen molar-refractivity contribution in [2.75, 3.05) is 32.8 Å². The average Bonchev–Trinajstić information content (AvgIpc) is 2.33. The van der Waals surface area contributed by atoms with Crippen molar-refractivity contribution in [1.82, 2.24) is 9.80 Å². The maximum absolute atomic E-state index is 12.3. The summed E-state index contributed by atoms with van der Waals surface area (Å²) >= 11 is 0. The minimum absolute atomic E-state index is 0.0597. The number of amides is 2. The Hall–Kier alpha value is -1.44. The van der Waals surface area contributed by atoms with E-state index in [9.17, 15) is 18.4 Å². The predicted molar refractivity (Wildman–Crippen MR) is 64.1 cm³/mol. The Morgan fingerprint density at radius 2 is 1.79 bits per heavy atom. The van der Waals surface area contributed by atoms with E-state index in [2.05, 4.69) is 0 Å². The SMILES string of the molecule is CCN(CC(C)C(=O)O)C(=O)N(CCO)CC(F)F. The van der Waals surface area contributed by atoms with E-state index in [0.29, 0.717) is 0 Å². The summed E-state index contributed by atoms with van der Waals surface area (Å²) in [4.78, 5) is 24.7. The normalized spacial score (nSPS) is 12.3. The molecule has 0 spiro atoms. The number of nitrogens with zero attached hydrogens (tertiary/aromatic N) is 2. The number of hydrogen-bond acceptors (Lipinski definition) is 3. The molecule has 0 aromatic rings. The lowest BCUT2D eigenvalue weighted by Crippen LogP contribution is -2.48. The Balaban J connectivity index is 4.71. The van der Waals surface area contributed by atoms with E-state index in [1.807, 2.05) is 0 Å². The summed E-state index contributed by atoms with van der Waals surface area (Å²) in [6.45, 7) is 1.80. The van der Waals surface area contributed by atoms with Gasteiger partial charge in [0.15, 0.2) is 0 Å². The molecule has 0 saturated carbocycles. The van der Waals surface area contributed by atoms with Crippen LogP contribution < -0.4 is 0 Å². The molecule has 2 amide bonds. The number of hydrogen-bond donors (Lipinski definition) is 2. The molecule has 0 heterocycles. The second kappa shape index (κ2) is 8.63. The molecule has 0 radical (unpaired) electrons. The van der Waals surface area contributed by atoms with E-state index >= 15 is 0 Å². The third kappa shape index (κ3) is 6.32. The highest BCUT2D eigenvalue weighted by atomic mass is 19.3. The molecule has 112 valence electrons. The number of carboxylic acids is 1. The highest BCUT2D eigenvalue weighted by Gasteiger charge is 2.25. The van der Waals surface area contributed by atoms with Gasteiger partial charge in [-0.1, -0.05) is 6.92 Å². The summed E-state index contributed by atoms with van der Waals surface area (Å²) < 4.78 is 24.7. The zero-order valence-corrected chi connectivity index (χ0v) is 11.1. The molecule has 6 nitrogen and oxygen atoms in total. The molecule has 19 heavy (non-hydrogen) atoms. The fraction of sp³-hybridized carbons (Fsp3) is 0.818. The number of aliphatic hydroxyl groups excluding tert-OH is 1. The molecule has 1 atom stereocenters. The molecule has 1 unspecified atom stereocenters. The molecule has 0 bridgehead atoms. The van der Waals surface area contributed by atoms with Crippen LogP contribution in [0.2, 0.25) is 0 Å². The van der Waals surface area contributed by atoms with Crippen molar-refractivity contribution >= 4 is 12.0 Å². The maximum atomic E-state index is 12.3. The first-order valence-corrected chi connectivity index (χ1v) is 5.99. The fourth-order valence-electron chi connectivity index (χ4n) is 1.50. The summed E-state index contributed by atoms with van der Waals surface area (Å²) in [6, 6.07) is -0.690. The first-order chi connectivity index (χ1) is 8.83.